The van der Waals surface area contributed by atoms with Gasteiger partial charge in [-0.05, 0) is 18.2 Å². The van der Waals surface area contributed by atoms with E-state index in [2.05, 4.69) is 18.8 Å². The lowest BCUT2D eigenvalue weighted by atomic mass is 10.2. The smallest absolute Gasteiger partial charge is 0.150 e. The third-order valence-electron chi connectivity index (χ3n) is 1.24. The predicted octanol–water partition coefficient (Wildman–Crippen LogP) is 1.16. The number of nitrogens with zero attached hydrogens (tertiary/aromatic N) is 1. The van der Waals surface area contributed by atoms with Crippen molar-refractivity contribution in [1.29, 1.82) is 0 Å². The summed E-state index contributed by atoms with van der Waals surface area (Å²) in [5.74, 6) is 0.391. The lowest BCUT2D eigenvalue weighted by molar-refractivity contribution is 0.0731. The van der Waals surface area contributed by atoms with E-state index in [-0.39, 0.29) is 6.23 Å². The first kappa shape index (κ1) is 10.2. The summed E-state index contributed by atoms with van der Waals surface area (Å²) in [7, 11) is 1.65. The first-order valence-electron chi connectivity index (χ1n) is 3.65. The van der Waals surface area contributed by atoms with Gasteiger partial charge >= 0.3 is 0 Å². The summed E-state index contributed by atoms with van der Waals surface area (Å²) in [6.07, 6.45) is 4.70. The van der Waals surface area contributed by atoms with Gasteiger partial charge < -0.3 is 10.5 Å². The molecule has 0 heterocycles. The van der Waals surface area contributed by atoms with Crippen LogP contribution >= 0.6 is 0 Å². The van der Waals surface area contributed by atoms with Gasteiger partial charge in [-0.15, -0.1) is 0 Å². The highest BCUT2D eigenvalue weighted by Crippen LogP contribution is 2.05. The molecule has 0 radical (unpaired) electrons. The van der Waals surface area contributed by atoms with Crippen LogP contribution in [0, 0.1) is 5.92 Å². The van der Waals surface area contributed by atoms with Crippen LogP contribution in [0.1, 0.15) is 13.8 Å². The summed E-state index contributed by atoms with van der Waals surface area (Å²) in [6.45, 7) is 4.11. The number of methoxy groups -OCH3 is 1. The lowest BCUT2D eigenvalue weighted by Gasteiger charge is -2.12. The number of nitrogens with two attached hydrogens (primary N) is 1. The summed E-state index contributed by atoms with van der Waals surface area (Å²) < 4.78 is 5.09. The van der Waals surface area contributed by atoms with Gasteiger partial charge in [-0.3, -0.25) is 4.99 Å². The minimum absolute atomic E-state index is 0.0637. The number of hydrogen-bond acceptors (Lipinski definition) is 3. The molecule has 0 aliphatic carbocycles. The van der Waals surface area contributed by atoms with Crippen LogP contribution < -0.4 is 5.73 Å². The maximum Gasteiger partial charge on any atom is 0.150 e. The summed E-state index contributed by atoms with van der Waals surface area (Å²) in [6, 6.07) is 0. The molecule has 0 saturated carbocycles. The molecule has 0 aromatic heterocycles. The van der Waals surface area contributed by atoms with Crippen LogP contribution in [0.15, 0.2) is 17.3 Å². The first-order valence-corrected chi connectivity index (χ1v) is 3.65. The van der Waals surface area contributed by atoms with E-state index in [9.17, 15) is 0 Å². The van der Waals surface area contributed by atoms with Gasteiger partial charge in [0.2, 0.25) is 0 Å². The standard InChI is InChI=1S/C8H16N2O/c1-7(2)8(11-3)10-6-4-5-9/h4-8H,9H2,1-3H3/b5-4-,10-6?. The van der Waals surface area contributed by atoms with Crippen LogP contribution in [0.2, 0.25) is 0 Å². The molecule has 0 fully saturated rings. The number of rotatable bonds is 4. The Hall–Kier alpha value is -0.830. The van der Waals surface area contributed by atoms with Gasteiger partial charge in [0.1, 0.15) is 6.23 Å². The second-order valence-electron chi connectivity index (χ2n) is 2.55. The fourth-order valence-electron chi connectivity index (χ4n) is 0.689. The second kappa shape index (κ2) is 5.92. The molecular weight excluding hydrogens is 140 g/mol. The Kier molecular flexibility index (Phi) is 5.47. The molecule has 2 N–H and O–H groups in total. The Bertz CT molecular complexity index is 141. The molecule has 1 atom stereocenters. The molecule has 0 aliphatic heterocycles. The SMILES string of the molecule is COC(N=C/C=C\N)C(C)C. The van der Waals surface area contributed by atoms with E-state index in [0.29, 0.717) is 5.92 Å². The molecule has 64 valence electrons. The van der Waals surface area contributed by atoms with Crippen LogP contribution in [-0.4, -0.2) is 19.6 Å². The Morgan fingerprint density at radius 1 is 1.45 bits per heavy atom. The van der Waals surface area contributed by atoms with Gasteiger partial charge in [0.15, 0.2) is 0 Å². The largest absolute Gasteiger partial charge is 0.405 e. The molecule has 0 aliphatic rings. The molecule has 0 amide bonds. The molecule has 3 nitrogen and oxygen atoms in total. The molecule has 0 rings (SSSR count). The summed E-state index contributed by atoms with van der Waals surface area (Å²) in [5, 5.41) is 0. The highest BCUT2D eigenvalue weighted by atomic mass is 16.5. The average molecular weight is 156 g/mol. The number of hydrogen-bond donors (Lipinski definition) is 1. The van der Waals surface area contributed by atoms with Gasteiger partial charge in [-0.1, -0.05) is 13.8 Å². The Morgan fingerprint density at radius 3 is 2.45 bits per heavy atom. The first-order chi connectivity index (χ1) is 5.22. The van der Waals surface area contributed by atoms with E-state index >= 15 is 0 Å². The van der Waals surface area contributed by atoms with E-state index in [1.807, 2.05) is 0 Å². The molecular formula is C8H16N2O. The lowest BCUT2D eigenvalue weighted by Crippen LogP contribution is -2.14. The van der Waals surface area contributed by atoms with Crippen LogP contribution in [0.3, 0.4) is 0 Å². The Balaban J connectivity index is 3.86. The molecule has 0 saturated heterocycles. The number of ether oxygens (including phenoxy) is 1. The molecule has 0 aromatic carbocycles. The maximum absolute atomic E-state index is 5.12. The molecule has 3 heteroatoms. The van der Waals surface area contributed by atoms with E-state index in [0.717, 1.165) is 0 Å². The van der Waals surface area contributed by atoms with Crippen molar-refractivity contribution in [3.05, 3.63) is 12.3 Å². The minimum atomic E-state index is -0.0637. The average Bonchev–Trinajstić information content (AvgIpc) is 1.97. The van der Waals surface area contributed by atoms with Crippen molar-refractivity contribution < 1.29 is 4.74 Å². The zero-order valence-electron chi connectivity index (χ0n) is 7.32. The molecule has 1 unspecified atom stereocenters. The highest BCUT2D eigenvalue weighted by molar-refractivity contribution is 5.70. The van der Waals surface area contributed by atoms with Gasteiger partial charge in [0.25, 0.3) is 0 Å². The van der Waals surface area contributed by atoms with E-state index in [4.69, 9.17) is 10.5 Å². The second-order valence-corrected chi connectivity index (χ2v) is 2.55. The third-order valence-corrected chi connectivity index (χ3v) is 1.24. The van der Waals surface area contributed by atoms with Gasteiger partial charge in [0.05, 0.1) is 0 Å². The molecule has 0 bridgehead atoms. The van der Waals surface area contributed by atoms with Crippen LogP contribution in [0.4, 0.5) is 0 Å². The molecule has 0 spiro atoms. The number of allylic oxidation sites excluding steroid dienone is 1. The monoisotopic (exact) mass is 156 g/mol. The van der Waals surface area contributed by atoms with Crippen molar-refractivity contribution in [2.24, 2.45) is 16.6 Å². The number of aliphatic imine (C=N–C) groups is 1. The molecule has 0 aromatic rings. The fourth-order valence-corrected chi connectivity index (χ4v) is 0.689. The Morgan fingerprint density at radius 2 is 2.09 bits per heavy atom. The van der Waals surface area contributed by atoms with Crippen molar-refractivity contribution in [1.82, 2.24) is 0 Å². The van der Waals surface area contributed by atoms with Crippen LogP contribution in [0.25, 0.3) is 0 Å². The van der Waals surface area contributed by atoms with E-state index in [1.54, 1.807) is 19.4 Å². The van der Waals surface area contributed by atoms with Crippen molar-refractivity contribution in [2.45, 2.75) is 20.1 Å². The third kappa shape index (κ3) is 4.56. The predicted molar refractivity (Wildman–Crippen MR) is 47.5 cm³/mol. The summed E-state index contributed by atoms with van der Waals surface area (Å²) >= 11 is 0. The quantitative estimate of drug-likeness (QED) is 0.621. The summed E-state index contributed by atoms with van der Waals surface area (Å²) in [4.78, 5) is 4.12. The molecule has 11 heavy (non-hydrogen) atoms. The van der Waals surface area contributed by atoms with Crippen molar-refractivity contribution in [2.75, 3.05) is 7.11 Å². The Labute approximate surface area is 68.0 Å². The van der Waals surface area contributed by atoms with Crippen molar-refractivity contribution >= 4 is 6.21 Å². The zero-order valence-corrected chi connectivity index (χ0v) is 7.32. The van der Waals surface area contributed by atoms with Gasteiger partial charge in [-0.2, -0.15) is 0 Å². The normalized spacial score (nSPS) is 15.3. The van der Waals surface area contributed by atoms with E-state index < -0.39 is 0 Å². The van der Waals surface area contributed by atoms with E-state index in [1.165, 1.54) is 6.20 Å². The van der Waals surface area contributed by atoms with Crippen molar-refractivity contribution in [3.63, 3.8) is 0 Å². The minimum Gasteiger partial charge on any atom is -0.405 e. The summed E-state index contributed by atoms with van der Waals surface area (Å²) in [5.41, 5.74) is 5.12. The van der Waals surface area contributed by atoms with Crippen LogP contribution in [0.5, 0.6) is 0 Å². The van der Waals surface area contributed by atoms with Crippen LogP contribution in [-0.2, 0) is 4.74 Å². The topological polar surface area (TPSA) is 47.6 Å². The maximum atomic E-state index is 5.12. The zero-order chi connectivity index (χ0) is 8.69. The van der Waals surface area contributed by atoms with Gasteiger partial charge in [0, 0.05) is 13.3 Å². The highest BCUT2D eigenvalue weighted by Gasteiger charge is 2.07. The van der Waals surface area contributed by atoms with Gasteiger partial charge in [-0.25, -0.2) is 0 Å². The van der Waals surface area contributed by atoms with Crippen molar-refractivity contribution in [3.8, 4) is 0 Å². The fraction of sp³-hybridized carbons (Fsp3) is 0.625.